The first-order valence-electron chi connectivity index (χ1n) is 7.88. The molecule has 4 nitrogen and oxygen atoms in total. The van der Waals surface area contributed by atoms with Gasteiger partial charge < -0.3 is 10.2 Å². The Kier molecular flexibility index (Phi) is 4.90. The van der Waals surface area contributed by atoms with Crippen LogP contribution in [0.1, 0.15) is 21.5 Å². The van der Waals surface area contributed by atoms with E-state index >= 15 is 0 Å². The second-order valence-corrected chi connectivity index (χ2v) is 6.94. The summed E-state index contributed by atoms with van der Waals surface area (Å²) in [7, 11) is 0. The van der Waals surface area contributed by atoms with Crippen LogP contribution in [-0.4, -0.2) is 34.4 Å². The summed E-state index contributed by atoms with van der Waals surface area (Å²) in [6, 6.07) is 14.5. The number of hydrogen-bond donors (Lipinski definition) is 1. The van der Waals surface area contributed by atoms with Crippen LogP contribution in [0.25, 0.3) is 0 Å². The predicted molar refractivity (Wildman–Crippen MR) is 98.3 cm³/mol. The van der Waals surface area contributed by atoms with Crippen LogP contribution in [0.2, 0.25) is 0 Å². The largest absolute Gasteiger partial charge is 0.324 e. The lowest BCUT2D eigenvalue weighted by Crippen LogP contribution is -2.44. The number of thioether (sulfide) groups is 1. The van der Waals surface area contributed by atoms with Gasteiger partial charge in [-0.3, -0.25) is 9.59 Å². The first-order valence-corrected chi connectivity index (χ1v) is 9.03. The minimum atomic E-state index is -0.440. The zero-order valence-corrected chi connectivity index (χ0v) is 14.6. The van der Waals surface area contributed by atoms with Crippen LogP contribution < -0.4 is 5.32 Å². The number of nitrogens with one attached hydrogen (secondary N) is 1. The molecule has 1 fully saturated rings. The number of aryl methyl sites for hydroxylation is 2. The first kappa shape index (κ1) is 16.6. The summed E-state index contributed by atoms with van der Waals surface area (Å²) in [5, 5.41) is 2.94. The fourth-order valence-electron chi connectivity index (χ4n) is 2.65. The molecule has 1 saturated heterocycles. The van der Waals surface area contributed by atoms with Crippen LogP contribution in [0, 0.1) is 13.8 Å². The van der Waals surface area contributed by atoms with Gasteiger partial charge in [0.2, 0.25) is 5.91 Å². The lowest BCUT2D eigenvalue weighted by Gasteiger charge is -2.23. The van der Waals surface area contributed by atoms with E-state index in [0.717, 1.165) is 11.3 Å². The molecule has 1 N–H and O–H groups in total. The van der Waals surface area contributed by atoms with E-state index in [-0.39, 0.29) is 11.8 Å². The molecule has 1 heterocycles. The molecule has 124 valence electrons. The van der Waals surface area contributed by atoms with E-state index in [1.165, 1.54) is 5.56 Å². The Morgan fingerprint density at radius 1 is 1.08 bits per heavy atom. The Hall–Kier alpha value is -2.27. The highest BCUT2D eigenvalue weighted by Gasteiger charge is 2.35. The highest BCUT2D eigenvalue weighted by atomic mass is 32.2. The van der Waals surface area contributed by atoms with Gasteiger partial charge >= 0.3 is 0 Å². The molecular weight excluding hydrogens is 320 g/mol. The van der Waals surface area contributed by atoms with Crippen molar-refractivity contribution >= 4 is 29.3 Å². The molecule has 1 aliphatic rings. The maximum atomic E-state index is 12.6. The van der Waals surface area contributed by atoms with E-state index in [1.807, 2.05) is 50.2 Å². The quantitative estimate of drug-likeness (QED) is 0.931. The van der Waals surface area contributed by atoms with E-state index in [4.69, 9.17) is 0 Å². The van der Waals surface area contributed by atoms with Crippen molar-refractivity contribution in [2.24, 2.45) is 0 Å². The Morgan fingerprint density at radius 3 is 2.54 bits per heavy atom. The molecule has 24 heavy (non-hydrogen) atoms. The second-order valence-electron chi connectivity index (χ2n) is 5.94. The summed E-state index contributed by atoms with van der Waals surface area (Å²) in [4.78, 5) is 26.9. The van der Waals surface area contributed by atoms with Gasteiger partial charge in [0.25, 0.3) is 5.91 Å². The summed E-state index contributed by atoms with van der Waals surface area (Å²) in [5.74, 6) is 0.932. The van der Waals surface area contributed by atoms with Crippen molar-refractivity contribution in [3.8, 4) is 0 Å². The van der Waals surface area contributed by atoms with Gasteiger partial charge in [-0.05, 0) is 49.2 Å². The molecule has 2 aromatic rings. The van der Waals surface area contributed by atoms with Gasteiger partial charge in [0.1, 0.15) is 6.04 Å². The first-order chi connectivity index (χ1) is 11.6. The summed E-state index contributed by atoms with van der Waals surface area (Å²) < 4.78 is 0. The smallest absolute Gasteiger partial charge is 0.255 e. The van der Waals surface area contributed by atoms with Crippen LogP contribution in [0.5, 0.6) is 0 Å². The lowest BCUT2D eigenvalue weighted by molar-refractivity contribution is -0.119. The maximum absolute atomic E-state index is 12.6. The van der Waals surface area contributed by atoms with Crippen molar-refractivity contribution in [2.45, 2.75) is 19.9 Å². The van der Waals surface area contributed by atoms with Crippen LogP contribution >= 0.6 is 11.8 Å². The summed E-state index contributed by atoms with van der Waals surface area (Å²) >= 11 is 1.60. The third kappa shape index (κ3) is 3.46. The Bertz CT molecular complexity index is 761. The molecule has 0 spiro atoms. The molecule has 1 aliphatic heterocycles. The Labute approximate surface area is 146 Å². The van der Waals surface area contributed by atoms with Crippen LogP contribution in [0.3, 0.4) is 0 Å². The Balaban J connectivity index is 1.74. The Morgan fingerprint density at radius 2 is 1.83 bits per heavy atom. The fourth-order valence-corrected chi connectivity index (χ4v) is 3.81. The van der Waals surface area contributed by atoms with Gasteiger partial charge in [0, 0.05) is 17.0 Å². The molecule has 1 atom stereocenters. The average Bonchev–Trinajstić information content (AvgIpc) is 3.08. The zero-order valence-electron chi connectivity index (χ0n) is 13.8. The number of carbonyl (C=O) groups excluding carboxylic acids is 2. The van der Waals surface area contributed by atoms with Gasteiger partial charge in [0.05, 0.1) is 5.88 Å². The van der Waals surface area contributed by atoms with Gasteiger partial charge in [-0.15, -0.1) is 11.8 Å². The summed E-state index contributed by atoms with van der Waals surface area (Å²) in [5.41, 5.74) is 3.70. The van der Waals surface area contributed by atoms with Crippen molar-refractivity contribution in [1.29, 1.82) is 0 Å². The number of benzene rings is 2. The highest BCUT2D eigenvalue weighted by Crippen LogP contribution is 2.24. The van der Waals surface area contributed by atoms with Gasteiger partial charge in [-0.2, -0.15) is 0 Å². The minimum Gasteiger partial charge on any atom is -0.324 e. The zero-order chi connectivity index (χ0) is 17.1. The molecule has 0 aromatic heterocycles. The molecule has 1 unspecified atom stereocenters. The summed E-state index contributed by atoms with van der Waals surface area (Å²) in [6.07, 6.45) is 0. The standard InChI is InChI=1S/C19H20N2O2S/c1-13-8-9-16(10-14(13)2)20-18(22)17-11-24-12-21(17)19(23)15-6-4-3-5-7-15/h3-10,17H,11-12H2,1-2H3,(H,20,22). The number of anilines is 1. The van der Waals surface area contributed by atoms with Crippen molar-refractivity contribution in [3.05, 3.63) is 65.2 Å². The molecule has 2 amide bonds. The molecule has 2 aromatic carbocycles. The van der Waals surface area contributed by atoms with E-state index in [9.17, 15) is 9.59 Å². The number of carbonyl (C=O) groups is 2. The lowest BCUT2D eigenvalue weighted by atomic mass is 10.1. The van der Waals surface area contributed by atoms with Crippen molar-refractivity contribution < 1.29 is 9.59 Å². The second kappa shape index (κ2) is 7.09. The average molecular weight is 340 g/mol. The van der Waals surface area contributed by atoms with Gasteiger partial charge in [-0.1, -0.05) is 24.3 Å². The molecule has 0 bridgehead atoms. The van der Waals surface area contributed by atoms with Crippen molar-refractivity contribution in [2.75, 3.05) is 16.9 Å². The number of nitrogens with zero attached hydrogens (tertiary/aromatic N) is 1. The van der Waals surface area contributed by atoms with Gasteiger partial charge in [0.15, 0.2) is 0 Å². The van der Waals surface area contributed by atoms with Crippen molar-refractivity contribution in [1.82, 2.24) is 4.90 Å². The SMILES string of the molecule is Cc1ccc(NC(=O)C2CSCN2C(=O)c2ccccc2)cc1C. The number of amides is 2. The molecular formula is C19H20N2O2S. The summed E-state index contributed by atoms with van der Waals surface area (Å²) in [6.45, 7) is 4.05. The molecule has 0 saturated carbocycles. The molecule has 0 radical (unpaired) electrons. The fraction of sp³-hybridized carbons (Fsp3) is 0.263. The minimum absolute atomic E-state index is 0.0964. The monoisotopic (exact) mass is 340 g/mol. The number of rotatable bonds is 3. The topological polar surface area (TPSA) is 49.4 Å². The van der Waals surface area contributed by atoms with Crippen LogP contribution in [0.4, 0.5) is 5.69 Å². The third-order valence-electron chi connectivity index (χ3n) is 4.24. The van der Waals surface area contributed by atoms with Gasteiger partial charge in [-0.25, -0.2) is 0 Å². The van der Waals surface area contributed by atoms with E-state index in [0.29, 0.717) is 17.2 Å². The van der Waals surface area contributed by atoms with Crippen LogP contribution in [0.15, 0.2) is 48.5 Å². The van der Waals surface area contributed by atoms with E-state index < -0.39 is 6.04 Å². The molecule has 5 heteroatoms. The maximum Gasteiger partial charge on any atom is 0.255 e. The molecule has 0 aliphatic carbocycles. The van der Waals surface area contributed by atoms with Crippen molar-refractivity contribution in [3.63, 3.8) is 0 Å². The highest BCUT2D eigenvalue weighted by molar-refractivity contribution is 7.99. The third-order valence-corrected chi connectivity index (χ3v) is 5.25. The number of hydrogen-bond acceptors (Lipinski definition) is 3. The van der Waals surface area contributed by atoms with E-state index in [1.54, 1.807) is 28.8 Å². The predicted octanol–water partition coefficient (Wildman–Crippen LogP) is 3.46. The van der Waals surface area contributed by atoms with E-state index in [2.05, 4.69) is 5.32 Å². The normalized spacial score (nSPS) is 16.9. The molecule has 3 rings (SSSR count). The van der Waals surface area contributed by atoms with Crippen LogP contribution in [-0.2, 0) is 4.79 Å².